The van der Waals surface area contributed by atoms with Crippen molar-refractivity contribution >= 4 is 23.4 Å². The molecule has 2 heterocycles. The Labute approximate surface area is 125 Å². The van der Waals surface area contributed by atoms with E-state index in [1.165, 1.54) is 11.8 Å². The van der Waals surface area contributed by atoms with E-state index in [2.05, 4.69) is 20.5 Å². The van der Waals surface area contributed by atoms with Gasteiger partial charge in [0.15, 0.2) is 0 Å². The third-order valence-corrected chi connectivity index (χ3v) is 3.98. The highest BCUT2D eigenvalue weighted by molar-refractivity contribution is 7.98. The summed E-state index contributed by atoms with van der Waals surface area (Å²) < 4.78 is 1.66. The predicted molar refractivity (Wildman–Crippen MR) is 78.0 cm³/mol. The second-order valence-corrected chi connectivity index (χ2v) is 5.31. The minimum absolute atomic E-state index is 0.706. The molecule has 7 heteroatoms. The Bertz CT molecular complexity index is 701. The maximum Gasteiger partial charge on any atom is 0.214 e. The highest BCUT2D eigenvalue weighted by Crippen LogP contribution is 2.25. The van der Waals surface area contributed by atoms with Crippen LogP contribution in [0, 0.1) is 0 Å². The standard InChI is InChI=1S/C13H10ClN5S/c14-12-6-2-1-4-10(12)9-20-13-16-17-18-19(13)11-5-3-7-15-8-11/h1-8H,9H2. The number of benzene rings is 1. The molecule has 0 atom stereocenters. The Hall–Kier alpha value is -1.92. The zero-order valence-electron chi connectivity index (χ0n) is 10.3. The molecule has 0 aliphatic heterocycles. The molecule has 0 aliphatic rings. The minimum atomic E-state index is 0.706. The van der Waals surface area contributed by atoms with E-state index in [-0.39, 0.29) is 0 Å². The summed E-state index contributed by atoms with van der Waals surface area (Å²) in [6, 6.07) is 11.5. The summed E-state index contributed by atoms with van der Waals surface area (Å²) >= 11 is 7.67. The fraction of sp³-hybridized carbons (Fsp3) is 0.0769. The Kier molecular flexibility index (Phi) is 3.94. The predicted octanol–water partition coefficient (Wildman–Crippen LogP) is 3.00. The first-order valence-electron chi connectivity index (χ1n) is 5.89. The first kappa shape index (κ1) is 13.1. The molecule has 0 saturated carbocycles. The molecule has 3 rings (SSSR count). The van der Waals surface area contributed by atoms with Crippen LogP contribution in [0.15, 0.2) is 53.9 Å². The van der Waals surface area contributed by atoms with Crippen molar-refractivity contribution in [3.05, 3.63) is 59.4 Å². The van der Waals surface area contributed by atoms with Crippen molar-refractivity contribution in [3.8, 4) is 5.69 Å². The summed E-state index contributed by atoms with van der Waals surface area (Å²) in [5.74, 6) is 0.709. The molecule has 0 saturated heterocycles. The van der Waals surface area contributed by atoms with Crippen LogP contribution in [0.2, 0.25) is 5.02 Å². The average molecular weight is 304 g/mol. The van der Waals surface area contributed by atoms with Crippen LogP contribution in [-0.2, 0) is 5.75 Å². The van der Waals surface area contributed by atoms with E-state index in [4.69, 9.17) is 11.6 Å². The van der Waals surface area contributed by atoms with Gasteiger partial charge in [-0.25, -0.2) is 0 Å². The third kappa shape index (κ3) is 2.81. The number of thioether (sulfide) groups is 1. The van der Waals surface area contributed by atoms with Gasteiger partial charge in [-0.1, -0.05) is 41.6 Å². The van der Waals surface area contributed by atoms with E-state index in [0.717, 1.165) is 16.3 Å². The lowest BCUT2D eigenvalue weighted by atomic mass is 10.2. The van der Waals surface area contributed by atoms with Gasteiger partial charge in [0.2, 0.25) is 5.16 Å². The molecule has 3 aromatic rings. The molecule has 0 N–H and O–H groups in total. The van der Waals surface area contributed by atoms with Crippen LogP contribution in [0.3, 0.4) is 0 Å². The Morgan fingerprint density at radius 1 is 1.15 bits per heavy atom. The molecular formula is C13H10ClN5S. The summed E-state index contributed by atoms with van der Waals surface area (Å²) in [5, 5.41) is 13.2. The molecule has 1 aromatic carbocycles. The van der Waals surface area contributed by atoms with Crippen molar-refractivity contribution in [2.75, 3.05) is 0 Å². The van der Waals surface area contributed by atoms with Gasteiger partial charge in [0.1, 0.15) is 0 Å². The number of tetrazole rings is 1. The van der Waals surface area contributed by atoms with Gasteiger partial charge in [-0.05, 0) is 34.2 Å². The third-order valence-electron chi connectivity index (χ3n) is 2.65. The molecule has 0 bridgehead atoms. The molecule has 0 aliphatic carbocycles. The maximum atomic E-state index is 6.14. The molecule has 0 unspecified atom stereocenters. The molecule has 2 aromatic heterocycles. The van der Waals surface area contributed by atoms with Gasteiger partial charge >= 0.3 is 0 Å². The van der Waals surface area contributed by atoms with E-state index in [9.17, 15) is 0 Å². The van der Waals surface area contributed by atoms with Crippen LogP contribution < -0.4 is 0 Å². The molecule has 0 fully saturated rings. The molecule has 5 nitrogen and oxygen atoms in total. The van der Waals surface area contributed by atoms with E-state index in [0.29, 0.717) is 10.9 Å². The quantitative estimate of drug-likeness (QED) is 0.694. The van der Waals surface area contributed by atoms with Crippen molar-refractivity contribution in [1.29, 1.82) is 0 Å². The van der Waals surface area contributed by atoms with Crippen molar-refractivity contribution < 1.29 is 0 Å². The van der Waals surface area contributed by atoms with Gasteiger partial charge in [0.05, 0.1) is 11.9 Å². The Morgan fingerprint density at radius 2 is 2.05 bits per heavy atom. The van der Waals surface area contributed by atoms with Crippen LogP contribution in [0.25, 0.3) is 5.69 Å². The number of rotatable bonds is 4. The number of hydrogen-bond acceptors (Lipinski definition) is 5. The SMILES string of the molecule is Clc1ccccc1CSc1nnnn1-c1cccnc1. The Balaban J connectivity index is 1.80. The largest absolute Gasteiger partial charge is 0.262 e. The van der Waals surface area contributed by atoms with Gasteiger partial charge < -0.3 is 0 Å². The topological polar surface area (TPSA) is 56.5 Å². The summed E-state index contributed by atoms with van der Waals surface area (Å²) in [4.78, 5) is 4.07. The zero-order valence-corrected chi connectivity index (χ0v) is 11.9. The number of aromatic nitrogens is 5. The molecule has 0 amide bonds. The fourth-order valence-corrected chi connectivity index (χ4v) is 2.84. The molecule has 20 heavy (non-hydrogen) atoms. The first-order valence-corrected chi connectivity index (χ1v) is 7.26. The fourth-order valence-electron chi connectivity index (χ4n) is 1.67. The van der Waals surface area contributed by atoms with Crippen LogP contribution in [0.4, 0.5) is 0 Å². The number of nitrogens with zero attached hydrogens (tertiary/aromatic N) is 5. The van der Waals surface area contributed by atoms with Gasteiger partial charge in [0, 0.05) is 17.0 Å². The van der Waals surface area contributed by atoms with E-state index in [1.807, 2.05) is 36.4 Å². The van der Waals surface area contributed by atoms with Gasteiger partial charge in [0.25, 0.3) is 0 Å². The summed E-state index contributed by atoms with van der Waals surface area (Å²) in [7, 11) is 0. The highest BCUT2D eigenvalue weighted by atomic mass is 35.5. The van der Waals surface area contributed by atoms with Crippen LogP contribution in [0.5, 0.6) is 0 Å². The lowest BCUT2D eigenvalue weighted by Gasteiger charge is -2.04. The van der Waals surface area contributed by atoms with Gasteiger partial charge in [-0.15, -0.1) is 5.10 Å². The lowest BCUT2D eigenvalue weighted by molar-refractivity contribution is 0.753. The van der Waals surface area contributed by atoms with E-state index >= 15 is 0 Å². The van der Waals surface area contributed by atoms with E-state index in [1.54, 1.807) is 17.1 Å². The van der Waals surface area contributed by atoms with Crippen LogP contribution in [-0.4, -0.2) is 25.2 Å². The second-order valence-electron chi connectivity index (χ2n) is 3.96. The van der Waals surface area contributed by atoms with Gasteiger partial charge in [-0.2, -0.15) is 4.68 Å². The van der Waals surface area contributed by atoms with E-state index < -0.39 is 0 Å². The zero-order chi connectivity index (χ0) is 13.8. The van der Waals surface area contributed by atoms with Gasteiger partial charge in [-0.3, -0.25) is 4.98 Å². The van der Waals surface area contributed by atoms with Crippen molar-refractivity contribution in [2.45, 2.75) is 10.9 Å². The maximum absolute atomic E-state index is 6.14. The molecule has 100 valence electrons. The average Bonchev–Trinajstić information content (AvgIpc) is 2.96. The normalized spacial score (nSPS) is 10.7. The molecular weight excluding hydrogens is 294 g/mol. The first-order chi connectivity index (χ1) is 9.84. The van der Waals surface area contributed by atoms with Crippen molar-refractivity contribution in [1.82, 2.24) is 25.2 Å². The summed E-state index contributed by atoms with van der Waals surface area (Å²) in [6.07, 6.45) is 3.43. The summed E-state index contributed by atoms with van der Waals surface area (Å²) in [5.41, 5.74) is 1.89. The van der Waals surface area contributed by atoms with Crippen LogP contribution >= 0.6 is 23.4 Å². The smallest absolute Gasteiger partial charge is 0.214 e. The lowest BCUT2D eigenvalue weighted by Crippen LogP contribution is -1.99. The van der Waals surface area contributed by atoms with Crippen molar-refractivity contribution in [3.63, 3.8) is 0 Å². The molecule has 0 spiro atoms. The second kappa shape index (κ2) is 6.02. The van der Waals surface area contributed by atoms with Crippen molar-refractivity contribution in [2.24, 2.45) is 0 Å². The monoisotopic (exact) mass is 303 g/mol. The number of halogens is 1. The Morgan fingerprint density at radius 3 is 2.85 bits per heavy atom. The summed E-state index contributed by atoms with van der Waals surface area (Å²) in [6.45, 7) is 0. The molecule has 0 radical (unpaired) electrons. The minimum Gasteiger partial charge on any atom is -0.262 e. The van der Waals surface area contributed by atoms with Crippen LogP contribution in [0.1, 0.15) is 5.56 Å². The number of pyridine rings is 1. The highest BCUT2D eigenvalue weighted by Gasteiger charge is 2.10. The number of hydrogen-bond donors (Lipinski definition) is 0.